The highest BCUT2D eigenvalue weighted by molar-refractivity contribution is 5.76. The lowest BCUT2D eigenvalue weighted by Gasteiger charge is -2.10. The Labute approximate surface area is 99.3 Å². The normalized spacial score (nSPS) is 27.1. The molecule has 0 amide bonds. The third-order valence-electron chi connectivity index (χ3n) is 3.67. The Morgan fingerprint density at radius 2 is 2.35 bits per heavy atom. The zero-order valence-electron chi connectivity index (χ0n) is 9.52. The first-order valence-corrected chi connectivity index (χ1v) is 6.05. The van der Waals surface area contributed by atoms with E-state index in [-0.39, 0.29) is 0 Å². The van der Waals surface area contributed by atoms with Crippen LogP contribution in [0.3, 0.4) is 0 Å². The summed E-state index contributed by atoms with van der Waals surface area (Å²) in [6.07, 6.45) is 4.30. The van der Waals surface area contributed by atoms with Gasteiger partial charge in [0, 0.05) is 18.7 Å². The van der Waals surface area contributed by atoms with Gasteiger partial charge in [-0.15, -0.1) is 0 Å². The zero-order chi connectivity index (χ0) is 11.8. The first-order chi connectivity index (χ1) is 8.25. The molecule has 2 N–H and O–H groups in total. The fourth-order valence-corrected chi connectivity index (χ4v) is 2.68. The van der Waals surface area contributed by atoms with Crippen molar-refractivity contribution in [3.63, 3.8) is 0 Å². The Morgan fingerprint density at radius 1 is 1.47 bits per heavy atom. The molecule has 1 aromatic rings. The molecule has 3 rings (SSSR count). The number of hydrogen-bond acceptors (Lipinski definition) is 4. The van der Waals surface area contributed by atoms with Crippen LogP contribution in [0.2, 0.25) is 0 Å². The molecule has 0 spiro atoms. The predicted octanol–water partition coefficient (Wildman–Crippen LogP) is 0.668. The molecule has 0 bridgehead atoms. The van der Waals surface area contributed by atoms with Crippen molar-refractivity contribution in [2.75, 3.05) is 13.1 Å². The Balaban J connectivity index is 1.94. The summed E-state index contributed by atoms with van der Waals surface area (Å²) in [5, 5.41) is 12.4. The van der Waals surface area contributed by atoms with E-state index < -0.39 is 11.9 Å². The maximum Gasteiger partial charge on any atom is 0.312 e. The van der Waals surface area contributed by atoms with Crippen molar-refractivity contribution in [2.24, 2.45) is 0 Å². The van der Waals surface area contributed by atoms with E-state index in [0.717, 1.165) is 43.0 Å². The van der Waals surface area contributed by atoms with Gasteiger partial charge in [-0.25, -0.2) is 9.97 Å². The first-order valence-electron chi connectivity index (χ1n) is 6.05. The van der Waals surface area contributed by atoms with Crippen LogP contribution in [-0.2, 0) is 11.2 Å². The molecular formula is C12H15N3O2. The number of aryl methyl sites for hydroxylation is 1. The van der Waals surface area contributed by atoms with E-state index in [1.807, 2.05) is 6.20 Å². The minimum Gasteiger partial charge on any atom is -0.481 e. The van der Waals surface area contributed by atoms with Crippen LogP contribution < -0.4 is 5.32 Å². The summed E-state index contributed by atoms with van der Waals surface area (Å²) in [4.78, 5) is 20.0. The van der Waals surface area contributed by atoms with Crippen LogP contribution in [0.15, 0.2) is 6.20 Å². The maximum absolute atomic E-state index is 11.1. The number of carbonyl (C=O) groups is 1. The molecule has 2 aliphatic rings. The van der Waals surface area contributed by atoms with Crippen LogP contribution in [0.4, 0.5) is 0 Å². The molecule has 2 unspecified atom stereocenters. The smallest absolute Gasteiger partial charge is 0.312 e. The summed E-state index contributed by atoms with van der Waals surface area (Å²) >= 11 is 0. The number of aliphatic carboxylic acids is 1. The van der Waals surface area contributed by atoms with Gasteiger partial charge in [-0.2, -0.15) is 0 Å². The Bertz CT molecular complexity index is 455. The summed E-state index contributed by atoms with van der Waals surface area (Å²) in [6, 6.07) is 0. The highest BCUT2D eigenvalue weighted by atomic mass is 16.4. The van der Waals surface area contributed by atoms with E-state index in [9.17, 15) is 4.79 Å². The average molecular weight is 233 g/mol. The molecule has 2 heterocycles. The van der Waals surface area contributed by atoms with Gasteiger partial charge in [0.05, 0.1) is 11.6 Å². The number of nitrogens with zero attached hydrogens (tertiary/aromatic N) is 2. The van der Waals surface area contributed by atoms with Crippen LogP contribution >= 0.6 is 0 Å². The molecule has 0 radical (unpaired) electrons. The molecule has 5 heteroatoms. The van der Waals surface area contributed by atoms with Crippen molar-refractivity contribution in [2.45, 2.75) is 31.1 Å². The second-order valence-electron chi connectivity index (χ2n) is 4.76. The van der Waals surface area contributed by atoms with E-state index in [1.54, 1.807) is 0 Å². The van der Waals surface area contributed by atoms with Crippen LogP contribution in [0.1, 0.15) is 41.8 Å². The standard InChI is InChI=1S/C12H15N3O2/c16-12(17)9-2-1-7-6-14-11(15-10(7)9)8-3-4-13-5-8/h6,8-9,13H,1-5H2,(H,16,17). The number of rotatable bonds is 2. The fraction of sp³-hybridized carbons (Fsp3) is 0.583. The summed E-state index contributed by atoms with van der Waals surface area (Å²) in [5.41, 5.74) is 1.75. The summed E-state index contributed by atoms with van der Waals surface area (Å²) in [5.74, 6) is -0.0451. The van der Waals surface area contributed by atoms with Gasteiger partial charge in [0.15, 0.2) is 0 Å². The van der Waals surface area contributed by atoms with Crippen LogP contribution in [0.5, 0.6) is 0 Å². The van der Waals surface area contributed by atoms with E-state index >= 15 is 0 Å². The first kappa shape index (κ1) is 10.7. The van der Waals surface area contributed by atoms with Gasteiger partial charge in [0.2, 0.25) is 0 Å². The molecular weight excluding hydrogens is 218 g/mol. The van der Waals surface area contributed by atoms with Gasteiger partial charge in [0.25, 0.3) is 0 Å². The van der Waals surface area contributed by atoms with Gasteiger partial charge in [-0.05, 0) is 31.4 Å². The number of aromatic nitrogens is 2. The summed E-state index contributed by atoms with van der Waals surface area (Å²) < 4.78 is 0. The molecule has 17 heavy (non-hydrogen) atoms. The molecule has 2 atom stereocenters. The lowest BCUT2D eigenvalue weighted by atomic mass is 10.1. The minimum absolute atomic E-state index is 0.343. The largest absolute Gasteiger partial charge is 0.481 e. The van der Waals surface area contributed by atoms with E-state index in [4.69, 9.17) is 5.11 Å². The topological polar surface area (TPSA) is 75.1 Å². The molecule has 1 saturated heterocycles. The highest BCUT2D eigenvalue weighted by Crippen LogP contribution is 2.32. The molecule has 90 valence electrons. The predicted molar refractivity (Wildman–Crippen MR) is 61.0 cm³/mol. The average Bonchev–Trinajstić information content (AvgIpc) is 2.97. The number of carboxylic acids is 1. The van der Waals surface area contributed by atoms with Crippen molar-refractivity contribution >= 4 is 5.97 Å². The monoisotopic (exact) mass is 233 g/mol. The molecule has 1 aliphatic carbocycles. The lowest BCUT2D eigenvalue weighted by molar-refractivity contribution is -0.138. The minimum atomic E-state index is -0.766. The van der Waals surface area contributed by atoms with E-state index in [1.165, 1.54) is 0 Å². The lowest BCUT2D eigenvalue weighted by Crippen LogP contribution is -2.14. The van der Waals surface area contributed by atoms with Gasteiger partial charge in [-0.1, -0.05) is 0 Å². The summed E-state index contributed by atoms with van der Waals surface area (Å²) in [7, 11) is 0. The fourth-order valence-electron chi connectivity index (χ4n) is 2.68. The SMILES string of the molecule is O=C(O)C1CCc2cnc(C3CCNC3)nc21. The molecule has 1 aliphatic heterocycles. The third-order valence-corrected chi connectivity index (χ3v) is 3.67. The molecule has 0 saturated carbocycles. The van der Waals surface area contributed by atoms with Crippen LogP contribution in [0.25, 0.3) is 0 Å². The molecule has 1 aromatic heterocycles. The third kappa shape index (κ3) is 1.80. The highest BCUT2D eigenvalue weighted by Gasteiger charge is 2.31. The molecule has 5 nitrogen and oxygen atoms in total. The van der Waals surface area contributed by atoms with Crippen molar-refractivity contribution in [1.29, 1.82) is 0 Å². The second-order valence-corrected chi connectivity index (χ2v) is 4.76. The molecule has 1 fully saturated rings. The Kier molecular flexibility index (Phi) is 2.55. The number of nitrogens with one attached hydrogen (secondary N) is 1. The Hall–Kier alpha value is -1.49. The number of hydrogen-bond donors (Lipinski definition) is 2. The van der Waals surface area contributed by atoms with E-state index in [0.29, 0.717) is 12.3 Å². The van der Waals surface area contributed by atoms with Crippen molar-refractivity contribution < 1.29 is 9.90 Å². The van der Waals surface area contributed by atoms with Crippen LogP contribution in [0, 0.1) is 0 Å². The van der Waals surface area contributed by atoms with E-state index in [2.05, 4.69) is 15.3 Å². The van der Waals surface area contributed by atoms with Gasteiger partial charge in [-0.3, -0.25) is 4.79 Å². The van der Waals surface area contributed by atoms with Crippen LogP contribution in [-0.4, -0.2) is 34.1 Å². The second kappa shape index (κ2) is 4.07. The summed E-state index contributed by atoms with van der Waals surface area (Å²) in [6.45, 7) is 1.89. The van der Waals surface area contributed by atoms with Crippen molar-refractivity contribution in [3.8, 4) is 0 Å². The number of carboxylic acid groups (broad SMARTS) is 1. The van der Waals surface area contributed by atoms with Gasteiger partial charge < -0.3 is 10.4 Å². The quantitative estimate of drug-likeness (QED) is 0.785. The van der Waals surface area contributed by atoms with Gasteiger partial charge >= 0.3 is 5.97 Å². The molecule has 0 aromatic carbocycles. The maximum atomic E-state index is 11.1. The van der Waals surface area contributed by atoms with Gasteiger partial charge in [0.1, 0.15) is 5.82 Å². The van der Waals surface area contributed by atoms with Crippen molar-refractivity contribution in [1.82, 2.24) is 15.3 Å². The number of fused-ring (bicyclic) bond motifs is 1. The Morgan fingerprint density at radius 3 is 3.06 bits per heavy atom. The van der Waals surface area contributed by atoms with Crippen molar-refractivity contribution in [3.05, 3.63) is 23.3 Å². The zero-order valence-corrected chi connectivity index (χ0v) is 9.52.